The van der Waals surface area contributed by atoms with Crippen LogP contribution in [0, 0.1) is 11.6 Å². The summed E-state index contributed by atoms with van der Waals surface area (Å²) in [6.07, 6.45) is 5.57. The first-order valence-electron chi connectivity index (χ1n) is 22.7. The highest BCUT2D eigenvalue weighted by molar-refractivity contribution is 7.19. The SMILES string of the molecule is CC1C(c2cc3c(Cl)c(F)cnc3s2)CCCN1C(=O)OC(C)(C)C.CC1C(c2cc3c(Nc4ccc5scnc5c4)c(F)cnc3s2)CCCN1C(=O)OC(C)(C)C.Nc1ccc2scnc2c1. The Morgan fingerprint density at radius 2 is 1.20 bits per heavy atom. The standard InChI is InChI=1S/C25H27FN4O2S2.C18H22ClFN2O2S.C7H6N2S/c1-14-16(6-5-9-30(14)24(31)32-25(2,3)4)21-11-17-22(18(26)12-27-23(17)34-21)29-15-7-8-20-19(10-15)28-13-33-20;1-10-11(6-5-7-22(10)17(23)24-18(2,3)4)14-8-12-15(19)13(20)9-21-16(12)25-14;8-5-1-2-7-6(3-5)9-4-10-7/h7-8,10-14,16H,5-6,9H2,1-4H3,(H,27,29);8-11H,5-7H2,1-4H3;1-4H,8H2. The molecule has 8 aromatic rings. The third kappa shape index (κ3) is 11.7. The molecule has 0 spiro atoms. The molecule has 19 heteroatoms. The molecule has 0 bridgehead atoms. The molecule has 2 saturated heterocycles. The molecule has 2 fully saturated rings. The Balaban J connectivity index is 0.000000159. The van der Waals surface area contributed by atoms with E-state index in [0.717, 1.165) is 83.8 Å². The van der Waals surface area contributed by atoms with Crippen molar-refractivity contribution in [3.8, 4) is 0 Å². The Kier molecular flexibility index (Phi) is 15.0. The van der Waals surface area contributed by atoms with E-state index in [1.165, 1.54) is 22.2 Å². The number of piperidine rings is 2. The van der Waals surface area contributed by atoms with Gasteiger partial charge in [-0.25, -0.2) is 38.3 Å². The van der Waals surface area contributed by atoms with E-state index in [-0.39, 0.29) is 41.1 Å². The first kappa shape index (κ1) is 50.1. The molecule has 0 radical (unpaired) electrons. The van der Waals surface area contributed by atoms with Crippen LogP contribution in [-0.2, 0) is 9.47 Å². The quantitative estimate of drug-likeness (QED) is 0.163. The number of hydrogen-bond donors (Lipinski definition) is 2. The summed E-state index contributed by atoms with van der Waals surface area (Å²) in [5, 5.41) is 4.75. The number of nitrogens with one attached hydrogen (secondary N) is 1. The van der Waals surface area contributed by atoms with Crippen LogP contribution in [0.2, 0.25) is 5.02 Å². The van der Waals surface area contributed by atoms with E-state index in [2.05, 4.69) is 32.2 Å². The monoisotopic (exact) mass is 1030 g/mol. The number of aromatic nitrogens is 4. The summed E-state index contributed by atoms with van der Waals surface area (Å²) in [7, 11) is 0. The minimum absolute atomic E-state index is 0.000264. The highest BCUT2D eigenvalue weighted by atomic mass is 35.5. The summed E-state index contributed by atoms with van der Waals surface area (Å²) in [5.74, 6) is -0.602. The van der Waals surface area contributed by atoms with Gasteiger partial charge in [0.2, 0.25) is 0 Å². The third-order valence-corrected chi connectivity index (χ3v) is 16.3. The van der Waals surface area contributed by atoms with Gasteiger partial charge in [-0.05, 0) is 130 Å². The molecule has 2 aromatic carbocycles. The molecular weight excluding hydrogens is 978 g/mol. The number of nitrogens with zero attached hydrogens (tertiary/aromatic N) is 6. The number of carbonyl (C=O) groups excluding carboxylic acids is 2. The average molecular weight is 1030 g/mol. The summed E-state index contributed by atoms with van der Waals surface area (Å²) in [4.78, 5) is 49.5. The van der Waals surface area contributed by atoms with Crippen LogP contribution in [0.1, 0.15) is 103 Å². The van der Waals surface area contributed by atoms with Crippen LogP contribution in [0.25, 0.3) is 40.9 Å². The molecular formula is C50H55ClF2N8O4S4. The minimum Gasteiger partial charge on any atom is -0.444 e. The lowest BCUT2D eigenvalue weighted by molar-refractivity contribution is 0.00808. The average Bonchev–Trinajstić information content (AvgIpc) is 4.12. The van der Waals surface area contributed by atoms with Crippen LogP contribution in [0.5, 0.6) is 0 Å². The van der Waals surface area contributed by atoms with Crippen LogP contribution in [0.3, 0.4) is 0 Å². The summed E-state index contributed by atoms with van der Waals surface area (Å²) in [6.45, 7) is 16.7. The molecule has 2 aliphatic rings. The van der Waals surface area contributed by atoms with Crippen molar-refractivity contribution in [2.24, 2.45) is 0 Å². The van der Waals surface area contributed by atoms with E-state index in [0.29, 0.717) is 24.2 Å². The number of hydrogen-bond acceptors (Lipinski definition) is 14. The van der Waals surface area contributed by atoms with Gasteiger partial charge in [-0.15, -0.1) is 45.3 Å². The molecule has 8 heterocycles. The zero-order chi connectivity index (χ0) is 49.4. The number of pyridine rings is 2. The van der Waals surface area contributed by atoms with Crippen LogP contribution < -0.4 is 11.1 Å². The molecule has 6 aromatic heterocycles. The van der Waals surface area contributed by atoms with Gasteiger partial charge in [0.25, 0.3) is 0 Å². The van der Waals surface area contributed by atoms with Crippen LogP contribution in [0.4, 0.5) is 35.4 Å². The number of thiazole rings is 2. The molecule has 0 saturated carbocycles. The lowest BCUT2D eigenvalue weighted by Gasteiger charge is -2.39. The van der Waals surface area contributed by atoms with E-state index in [4.69, 9.17) is 26.8 Å². The predicted octanol–water partition coefficient (Wildman–Crippen LogP) is 14.8. The van der Waals surface area contributed by atoms with Crippen molar-refractivity contribution < 1.29 is 27.8 Å². The van der Waals surface area contributed by atoms with Crippen molar-refractivity contribution in [3.05, 3.63) is 98.4 Å². The van der Waals surface area contributed by atoms with Crippen LogP contribution >= 0.6 is 56.9 Å². The first-order valence-corrected chi connectivity index (χ1v) is 26.5. The van der Waals surface area contributed by atoms with Gasteiger partial charge in [-0.3, -0.25) is 0 Å². The fourth-order valence-corrected chi connectivity index (χ4v) is 12.6. The van der Waals surface area contributed by atoms with Gasteiger partial charge in [0, 0.05) is 68.9 Å². The minimum atomic E-state index is -0.537. The van der Waals surface area contributed by atoms with Crippen molar-refractivity contribution in [3.63, 3.8) is 0 Å². The Bertz CT molecular complexity index is 3130. The van der Waals surface area contributed by atoms with Crippen molar-refractivity contribution in [1.29, 1.82) is 0 Å². The first-order chi connectivity index (χ1) is 32.7. The zero-order valence-electron chi connectivity index (χ0n) is 39.6. The van der Waals surface area contributed by atoms with E-state index in [1.54, 1.807) is 44.4 Å². The number of thiophene rings is 2. The molecule has 12 nitrogen and oxygen atoms in total. The number of nitrogens with two attached hydrogens (primary N) is 1. The number of amides is 2. The van der Waals surface area contributed by atoms with Gasteiger partial charge >= 0.3 is 12.2 Å². The van der Waals surface area contributed by atoms with Gasteiger partial charge in [-0.2, -0.15) is 0 Å². The number of likely N-dealkylation sites (tertiary alicyclic amines) is 2. The van der Waals surface area contributed by atoms with Crippen LogP contribution in [0.15, 0.2) is 71.9 Å². The molecule has 10 rings (SSSR count). The highest BCUT2D eigenvalue weighted by Crippen LogP contribution is 2.43. The van der Waals surface area contributed by atoms with Gasteiger partial charge in [0.15, 0.2) is 11.6 Å². The number of ether oxygens (including phenoxy) is 2. The molecule has 2 aliphatic heterocycles. The second kappa shape index (κ2) is 20.6. The van der Waals surface area contributed by atoms with Gasteiger partial charge in [-0.1, -0.05) is 11.6 Å². The smallest absolute Gasteiger partial charge is 0.410 e. The topological polar surface area (TPSA) is 149 Å². The number of fused-ring (bicyclic) bond motifs is 4. The summed E-state index contributed by atoms with van der Waals surface area (Å²) >= 11 is 12.4. The van der Waals surface area contributed by atoms with Crippen molar-refractivity contribution in [2.45, 2.75) is 116 Å². The normalized spacial score (nSPS) is 18.7. The maximum atomic E-state index is 14.9. The maximum Gasteiger partial charge on any atom is 0.410 e. The molecule has 2 amide bonds. The molecule has 0 aliphatic carbocycles. The van der Waals surface area contributed by atoms with E-state index < -0.39 is 22.8 Å². The second-order valence-corrected chi connectivity index (χ2v) is 23.5. The number of nitrogen functional groups attached to an aromatic ring is 1. The number of halogens is 3. The zero-order valence-corrected chi connectivity index (χ0v) is 43.7. The van der Waals surface area contributed by atoms with E-state index in [9.17, 15) is 18.4 Å². The summed E-state index contributed by atoms with van der Waals surface area (Å²) in [6, 6.07) is 15.5. The number of anilines is 3. The summed E-state index contributed by atoms with van der Waals surface area (Å²) < 4.78 is 42.0. The Hall–Kier alpha value is -5.27. The van der Waals surface area contributed by atoms with Crippen LogP contribution in [-0.4, -0.2) is 78.3 Å². The molecule has 4 atom stereocenters. The lowest BCUT2D eigenvalue weighted by atomic mass is 9.89. The number of carbonyl (C=O) groups is 2. The second-order valence-electron chi connectivity index (χ2n) is 19.2. The van der Waals surface area contributed by atoms with E-state index in [1.807, 2.05) is 107 Å². The fourth-order valence-electron chi connectivity index (χ4n) is 8.59. The molecule has 4 unspecified atom stereocenters. The number of rotatable bonds is 4. The van der Waals surface area contributed by atoms with Crippen molar-refractivity contribution in [1.82, 2.24) is 29.7 Å². The molecule has 364 valence electrons. The number of benzene rings is 2. The largest absolute Gasteiger partial charge is 0.444 e. The third-order valence-electron chi connectivity index (χ3n) is 11.9. The van der Waals surface area contributed by atoms with Gasteiger partial charge in [0.05, 0.1) is 54.6 Å². The van der Waals surface area contributed by atoms with E-state index >= 15 is 0 Å². The Morgan fingerprint density at radius 1 is 0.710 bits per heavy atom. The Morgan fingerprint density at radius 3 is 1.75 bits per heavy atom. The maximum absolute atomic E-state index is 14.9. The summed E-state index contributed by atoms with van der Waals surface area (Å²) in [5.41, 5.74) is 12.0. The van der Waals surface area contributed by atoms with Crippen molar-refractivity contribution in [2.75, 3.05) is 24.1 Å². The van der Waals surface area contributed by atoms with Crippen molar-refractivity contribution >= 4 is 127 Å². The fraction of sp³-hybridized carbons (Fsp3) is 0.400. The Labute approximate surface area is 420 Å². The van der Waals surface area contributed by atoms with Gasteiger partial charge < -0.3 is 30.3 Å². The molecule has 3 N–H and O–H groups in total. The van der Waals surface area contributed by atoms with Gasteiger partial charge in [0.1, 0.15) is 20.9 Å². The lowest BCUT2D eigenvalue weighted by Crippen LogP contribution is -2.47. The predicted molar refractivity (Wildman–Crippen MR) is 280 cm³/mol. The highest BCUT2D eigenvalue weighted by Gasteiger charge is 2.37. The molecule has 69 heavy (non-hydrogen) atoms.